The summed E-state index contributed by atoms with van der Waals surface area (Å²) < 4.78 is 3.37. The summed E-state index contributed by atoms with van der Waals surface area (Å²) in [6.45, 7) is 0.945. The fourth-order valence-corrected chi connectivity index (χ4v) is 4.09. The molecule has 136 valence electrons. The number of halogens is 1. The number of thiazole rings is 1. The first-order chi connectivity index (χ1) is 13.0. The second-order valence-corrected chi connectivity index (χ2v) is 8.19. The molecular formula is C18H13IN4O3S. The molecule has 1 aliphatic rings. The quantitative estimate of drug-likeness (QED) is 0.320. The lowest BCUT2D eigenvalue weighted by atomic mass is 10.2. The zero-order chi connectivity index (χ0) is 19.0. The van der Waals surface area contributed by atoms with Gasteiger partial charge in [-0.1, -0.05) is 11.3 Å². The van der Waals surface area contributed by atoms with Crippen LogP contribution in [0, 0.1) is 13.7 Å². The van der Waals surface area contributed by atoms with Crippen molar-refractivity contribution in [3.05, 3.63) is 87.5 Å². The van der Waals surface area contributed by atoms with E-state index in [-0.39, 0.29) is 11.2 Å². The summed E-state index contributed by atoms with van der Waals surface area (Å²) in [5.74, 6) is 0. The minimum atomic E-state index is -0.444. The van der Waals surface area contributed by atoms with Crippen LogP contribution in [0.4, 0.5) is 11.4 Å². The second kappa shape index (κ2) is 7.24. The van der Waals surface area contributed by atoms with Crippen LogP contribution in [-0.2, 0) is 6.67 Å². The van der Waals surface area contributed by atoms with Crippen LogP contribution in [0.25, 0.3) is 6.08 Å². The third-order valence-corrected chi connectivity index (χ3v) is 5.93. The van der Waals surface area contributed by atoms with Crippen LogP contribution >= 0.6 is 33.9 Å². The van der Waals surface area contributed by atoms with Gasteiger partial charge in [0.15, 0.2) is 4.80 Å². The molecule has 0 spiro atoms. The highest BCUT2D eigenvalue weighted by Gasteiger charge is 2.16. The molecule has 0 fully saturated rings. The van der Waals surface area contributed by atoms with E-state index in [0.29, 0.717) is 22.7 Å². The highest BCUT2D eigenvalue weighted by molar-refractivity contribution is 14.1. The molecule has 0 aliphatic carbocycles. The molecule has 0 N–H and O–H groups in total. The Morgan fingerprint density at radius 1 is 1.15 bits per heavy atom. The third kappa shape index (κ3) is 3.65. The van der Waals surface area contributed by atoms with E-state index in [1.165, 1.54) is 23.5 Å². The van der Waals surface area contributed by atoms with Crippen LogP contribution in [0.2, 0.25) is 0 Å². The maximum Gasteiger partial charge on any atom is 0.271 e. The highest BCUT2D eigenvalue weighted by atomic mass is 127. The normalized spacial score (nSPS) is 14.0. The number of nitro benzene ring substituents is 1. The summed E-state index contributed by atoms with van der Waals surface area (Å²) in [5.41, 5.74) is 1.68. The van der Waals surface area contributed by atoms with Gasteiger partial charge in [0, 0.05) is 21.4 Å². The van der Waals surface area contributed by atoms with Gasteiger partial charge < -0.3 is 4.90 Å². The molecule has 7 nitrogen and oxygen atoms in total. The molecule has 0 unspecified atom stereocenters. The first kappa shape index (κ1) is 17.9. The van der Waals surface area contributed by atoms with Crippen LogP contribution in [0.3, 0.4) is 0 Å². The number of hydrogen-bond donors (Lipinski definition) is 0. The SMILES string of the molecule is O=c1/c(=C/c2ccc([N+](=O)[O-])cc2)sc2n1CN(c1ccc(I)cc1)CN=2. The predicted molar refractivity (Wildman–Crippen MR) is 113 cm³/mol. The molecule has 27 heavy (non-hydrogen) atoms. The van der Waals surface area contributed by atoms with Gasteiger partial charge in [0.2, 0.25) is 0 Å². The van der Waals surface area contributed by atoms with Crippen molar-refractivity contribution >= 4 is 51.4 Å². The predicted octanol–water partition coefficient (Wildman–Crippen LogP) is 2.31. The van der Waals surface area contributed by atoms with Crippen molar-refractivity contribution in [1.29, 1.82) is 0 Å². The minimum Gasteiger partial charge on any atom is -0.334 e. The Balaban J connectivity index is 1.67. The van der Waals surface area contributed by atoms with Crippen LogP contribution in [0.1, 0.15) is 5.56 Å². The number of anilines is 1. The van der Waals surface area contributed by atoms with E-state index < -0.39 is 4.92 Å². The number of benzene rings is 2. The zero-order valence-corrected chi connectivity index (χ0v) is 16.9. The summed E-state index contributed by atoms with van der Waals surface area (Å²) in [6, 6.07) is 14.2. The Morgan fingerprint density at radius 3 is 2.52 bits per heavy atom. The smallest absolute Gasteiger partial charge is 0.271 e. The molecule has 0 saturated heterocycles. The molecule has 0 atom stereocenters. The number of rotatable bonds is 3. The molecule has 3 aromatic rings. The number of aromatic nitrogens is 1. The Hall–Kier alpha value is -2.53. The lowest BCUT2D eigenvalue weighted by Gasteiger charge is -2.25. The first-order valence-corrected chi connectivity index (χ1v) is 9.91. The van der Waals surface area contributed by atoms with Crippen LogP contribution in [0.5, 0.6) is 0 Å². The molecule has 9 heteroatoms. The Morgan fingerprint density at radius 2 is 1.85 bits per heavy atom. The molecule has 0 amide bonds. The van der Waals surface area contributed by atoms with Crippen LogP contribution in [0.15, 0.2) is 58.3 Å². The second-order valence-electron chi connectivity index (χ2n) is 5.93. The topological polar surface area (TPSA) is 80.7 Å². The van der Waals surface area contributed by atoms with Crippen molar-refractivity contribution in [1.82, 2.24) is 4.57 Å². The third-order valence-electron chi connectivity index (χ3n) is 4.17. The van der Waals surface area contributed by atoms with Gasteiger partial charge in [0.25, 0.3) is 11.2 Å². The Kier molecular flexibility index (Phi) is 4.79. The molecule has 0 saturated carbocycles. The number of nitro groups is 1. The van der Waals surface area contributed by atoms with Crippen molar-refractivity contribution in [3.63, 3.8) is 0 Å². The van der Waals surface area contributed by atoms with Crippen molar-refractivity contribution < 1.29 is 4.92 Å². The first-order valence-electron chi connectivity index (χ1n) is 8.02. The number of nitrogens with zero attached hydrogens (tertiary/aromatic N) is 4. The van der Waals surface area contributed by atoms with Crippen molar-refractivity contribution in [2.45, 2.75) is 6.67 Å². The fraction of sp³-hybridized carbons (Fsp3) is 0.111. The molecule has 4 rings (SSSR count). The van der Waals surface area contributed by atoms with Gasteiger partial charge >= 0.3 is 0 Å². The summed E-state index contributed by atoms with van der Waals surface area (Å²) >= 11 is 3.59. The van der Waals surface area contributed by atoms with Gasteiger partial charge in [-0.2, -0.15) is 0 Å². The Labute approximate surface area is 171 Å². The zero-order valence-electron chi connectivity index (χ0n) is 13.9. The monoisotopic (exact) mass is 492 g/mol. The van der Waals surface area contributed by atoms with E-state index >= 15 is 0 Å². The lowest BCUT2D eigenvalue weighted by molar-refractivity contribution is -0.384. The average Bonchev–Trinajstić information content (AvgIpc) is 2.98. The average molecular weight is 492 g/mol. The molecule has 2 heterocycles. The van der Waals surface area contributed by atoms with Crippen LogP contribution in [-0.4, -0.2) is 16.2 Å². The molecule has 2 aromatic carbocycles. The standard InChI is InChI=1S/C18H13IN4O3S/c19-13-3-7-14(8-4-13)21-10-20-18-22(11-21)17(24)16(27-18)9-12-1-5-15(6-2-12)23(25)26/h1-9H,10-11H2/b16-9-. The number of non-ortho nitro benzene ring substituents is 1. The summed E-state index contributed by atoms with van der Waals surface area (Å²) in [4.78, 5) is 30.3. The number of hydrogen-bond acceptors (Lipinski definition) is 6. The van der Waals surface area contributed by atoms with E-state index in [0.717, 1.165) is 14.8 Å². The van der Waals surface area contributed by atoms with E-state index in [2.05, 4.69) is 27.6 Å². The summed E-state index contributed by atoms with van der Waals surface area (Å²) in [7, 11) is 0. The van der Waals surface area contributed by atoms with E-state index in [4.69, 9.17) is 0 Å². The van der Waals surface area contributed by atoms with Gasteiger partial charge in [-0.15, -0.1) is 0 Å². The van der Waals surface area contributed by atoms with Gasteiger partial charge in [-0.3, -0.25) is 19.5 Å². The molecule has 1 aliphatic heterocycles. The van der Waals surface area contributed by atoms with Crippen molar-refractivity contribution in [3.8, 4) is 0 Å². The molecular weight excluding hydrogens is 479 g/mol. The fourth-order valence-electron chi connectivity index (χ4n) is 2.77. The van der Waals surface area contributed by atoms with E-state index in [1.807, 2.05) is 29.2 Å². The lowest BCUT2D eigenvalue weighted by Crippen LogP contribution is -2.42. The summed E-state index contributed by atoms with van der Waals surface area (Å²) in [6.07, 6.45) is 1.74. The van der Waals surface area contributed by atoms with Crippen molar-refractivity contribution in [2.24, 2.45) is 4.99 Å². The van der Waals surface area contributed by atoms with Crippen LogP contribution < -0.4 is 19.8 Å². The van der Waals surface area contributed by atoms with E-state index in [9.17, 15) is 14.9 Å². The van der Waals surface area contributed by atoms with Gasteiger partial charge in [-0.05, 0) is 70.6 Å². The highest BCUT2D eigenvalue weighted by Crippen LogP contribution is 2.17. The molecule has 0 radical (unpaired) electrons. The number of fused-ring (bicyclic) bond motifs is 1. The Bertz CT molecular complexity index is 1180. The maximum absolute atomic E-state index is 12.8. The maximum atomic E-state index is 12.8. The molecule has 0 bridgehead atoms. The van der Waals surface area contributed by atoms with Gasteiger partial charge in [0.05, 0.1) is 9.46 Å². The minimum absolute atomic E-state index is 0.0255. The molecule has 1 aromatic heterocycles. The van der Waals surface area contributed by atoms with Gasteiger partial charge in [0.1, 0.15) is 13.3 Å². The van der Waals surface area contributed by atoms with Gasteiger partial charge in [-0.25, -0.2) is 4.99 Å². The summed E-state index contributed by atoms with van der Waals surface area (Å²) in [5, 5.41) is 10.8. The van der Waals surface area contributed by atoms with E-state index in [1.54, 1.807) is 22.8 Å². The largest absolute Gasteiger partial charge is 0.334 e. The van der Waals surface area contributed by atoms with Crippen molar-refractivity contribution in [2.75, 3.05) is 11.6 Å².